The van der Waals surface area contributed by atoms with Crippen molar-refractivity contribution in [1.82, 2.24) is 4.90 Å². The Bertz CT molecular complexity index is 829. The van der Waals surface area contributed by atoms with Crippen molar-refractivity contribution in [1.29, 1.82) is 0 Å². The molecule has 0 unspecified atom stereocenters. The molecular weight excluding hydrogens is 424 g/mol. The van der Waals surface area contributed by atoms with Crippen molar-refractivity contribution in [2.45, 2.75) is 51.5 Å². The van der Waals surface area contributed by atoms with E-state index in [0.29, 0.717) is 13.2 Å². The summed E-state index contributed by atoms with van der Waals surface area (Å²) in [5, 5.41) is 9.59. The summed E-state index contributed by atoms with van der Waals surface area (Å²) in [6.45, 7) is 4.52. The van der Waals surface area contributed by atoms with Gasteiger partial charge >= 0.3 is 0 Å². The van der Waals surface area contributed by atoms with Crippen LogP contribution < -0.4 is 9.64 Å². The van der Waals surface area contributed by atoms with Gasteiger partial charge in [0.15, 0.2) is 0 Å². The van der Waals surface area contributed by atoms with Crippen LogP contribution in [0.4, 0.5) is 5.69 Å². The number of carbonyl (C=O) groups is 1. The molecule has 2 fully saturated rings. The number of likely N-dealkylation sites (tertiary alicyclic amines) is 1. The van der Waals surface area contributed by atoms with Gasteiger partial charge < -0.3 is 14.7 Å². The third-order valence-electron chi connectivity index (χ3n) is 6.52. The lowest BCUT2D eigenvalue weighted by atomic mass is 9.88. The third-order valence-corrected chi connectivity index (χ3v) is 6.52. The van der Waals surface area contributed by atoms with E-state index in [1.165, 1.54) is 32.4 Å². The minimum Gasteiger partial charge on any atom is -0.508 e. The highest BCUT2D eigenvalue weighted by molar-refractivity contribution is 5.95. The summed E-state index contributed by atoms with van der Waals surface area (Å²) in [6, 6.07) is 15.0. The Morgan fingerprint density at radius 2 is 1.59 bits per heavy atom. The number of nitrogens with zero attached hydrogens (tertiary/aromatic N) is 2. The Morgan fingerprint density at radius 3 is 2.25 bits per heavy atom. The molecule has 0 aromatic heterocycles. The van der Waals surface area contributed by atoms with Gasteiger partial charge in [0.05, 0.1) is 6.54 Å². The Hall–Kier alpha value is -2.24. The Morgan fingerprint density at radius 1 is 0.938 bits per heavy atom. The van der Waals surface area contributed by atoms with Crippen LogP contribution in [0.25, 0.3) is 0 Å². The van der Waals surface area contributed by atoms with Crippen LogP contribution >= 0.6 is 12.4 Å². The summed E-state index contributed by atoms with van der Waals surface area (Å²) in [5.41, 5.74) is 1.91. The molecule has 0 bridgehead atoms. The molecule has 1 aliphatic carbocycles. The highest BCUT2D eigenvalue weighted by Gasteiger charge is 2.27. The van der Waals surface area contributed by atoms with Gasteiger partial charge in [-0.15, -0.1) is 12.4 Å². The molecule has 0 atom stereocenters. The van der Waals surface area contributed by atoms with Crippen LogP contribution in [0, 0.1) is 5.92 Å². The summed E-state index contributed by atoms with van der Waals surface area (Å²) < 4.78 is 5.94. The highest BCUT2D eigenvalue weighted by atomic mass is 35.5. The van der Waals surface area contributed by atoms with Gasteiger partial charge in [0.2, 0.25) is 5.91 Å². The molecule has 4 rings (SSSR count). The summed E-state index contributed by atoms with van der Waals surface area (Å²) in [5.74, 6) is 1.39. The van der Waals surface area contributed by atoms with Gasteiger partial charge in [-0.25, -0.2) is 0 Å². The van der Waals surface area contributed by atoms with Crippen molar-refractivity contribution in [3.8, 4) is 11.5 Å². The lowest BCUT2D eigenvalue weighted by molar-refractivity contribution is -0.123. The lowest BCUT2D eigenvalue weighted by Gasteiger charge is -2.29. The van der Waals surface area contributed by atoms with E-state index in [1.807, 2.05) is 41.3 Å². The van der Waals surface area contributed by atoms with E-state index >= 15 is 0 Å². The first-order chi connectivity index (χ1) is 15.2. The molecule has 0 spiro atoms. The highest BCUT2D eigenvalue weighted by Crippen LogP contribution is 2.30. The molecule has 32 heavy (non-hydrogen) atoms. The number of anilines is 1. The number of benzene rings is 2. The van der Waals surface area contributed by atoms with Gasteiger partial charge in [-0.1, -0.05) is 31.4 Å². The number of amides is 1. The quantitative estimate of drug-likeness (QED) is 0.575. The van der Waals surface area contributed by atoms with Crippen molar-refractivity contribution < 1.29 is 14.6 Å². The van der Waals surface area contributed by atoms with Crippen molar-refractivity contribution in [3.63, 3.8) is 0 Å². The second-order valence-electron chi connectivity index (χ2n) is 8.82. The van der Waals surface area contributed by atoms with Crippen molar-refractivity contribution in [2.24, 2.45) is 5.92 Å². The maximum Gasteiger partial charge on any atom is 0.230 e. The maximum absolute atomic E-state index is 13.4. The van der Waals surface area contributed by atoms with Crippen molar-refractivity contribution in [2.75, 3.05) is 31.1 Å². The van der Waals surface area contributed by atoms with Gasteiger partial charge in [0.1, 0.15) is 18.1 Å². The van der Waals surface area contributed by atoms with Crippen LogP contribution in [0.3, 0.4) is 0 Å². The minimum atomic E-state index is 0. The van der Waals surface area contributed by atoms with Gasteiger partial charge in [-0.2, -0.15) is 0 Å². The van der Waals surface area contributed by atoms with E-state index in [-0.39, 0.29) is 30.0 Å². The van der Waals surface area contributed by atoms with Gasteiger partial charge in [0.25, 0.3) is 0 Å². The summed E-state index contributed by atoms with van der Waals surface area (Å²) in [7, 11) is 0. The fraction of sp³-hybridized carbons (Fsp3) is 0.500. The molecule has 2 aromatic rings. The third kappa shape index (κ3) is 6.63. The molecule has 1 N–H and O–H groups in total. The predicted molar refractivity (Wildman–Crippen MR) is 131 cm³/mol. The van der Waals surface area contributed by atoms with E-state index in [0.717, 1.165) is 49.2 Å². The maximum atomic E-state index is 13.4. The molecule has 1 saturated heterocycles. The average Bonchev–Trinajstić information content (AvgIpc) is 3.33. The normalized spacial score (nSPS) is 17.0. The summed E-state index contributed by atoms with van der Waals surface area (Å²) in [6.07, 6.45) is 8.03. The molecule has 5 nitrogen and oxygen atoms in total. The number of hydrogen-bond acceptors (Lipinski definition) is 4. The molecule has 2 aromatic carbocycles. The van der Waals surface area contributed by atoms with E-state index in [4.69, 9.17) is 4.74 Å². The molecule has 2 aliphatic rings. The van der Waals surface area contributed by atoms with Gasteiger partial charge in [-0.3, -0.25) is 9.69 Å². The van der Waals surface area contributed by atoms with Crippen molar-refractivity contribution >= 4 is 24.0 Å². The van der Waals surface area contributed by atoms with Crippen molar-refractivity contribution in [3.05, 3.63) is 54.1 Å². The minimum absolute atomic E-state index is 0. The number of phenolic OH excluding ortho intramolecular Hbond substituents is 1. The number of aromatic hydroxyl groups is 1. The number of rotatable bonds is 8. The first kappa shape index (κ1) is 24.4. The Labute approximate surface area is 197 Å². The lowest BCUT2D eigenvalue weighted by Crippen LogP contribution is -2.36. The molecule has 1 amide bonds. The molecular formula is C26H35ClN2O3. The van der Waals surface area contributed by atoms with Crippen LogP contribution in [0.15, 0.2) is 48.5 Å². The Balaban J connectivity index is 0.00000289. The number of halogens is 1. The standard InChI is InChI=1S/C26H34N2O3.ClH/c29-24-12-8-21(9-13-24)20-28(26(30)22-6-2-1-3-7-22)23-10-14-25(15-11-23)31-19-18-27-16-4-5-17-27;/h8-15,22,29H,1-7,16-20H2;1H. The first-order valence-corrected chi connectivity index (χ1v) is 11.7. The zero-order valence-electron chi connectivity index (χ0n) is 18.7. The fourth-order valence-corrected chi connectivity index (χ4v) is 4.67. The van der Waals surface area contributed by atoms with Gasteiger partial charge in [-0.05, 0) is 80.7 Å². The zero-order valence-corrected chi connectivity index (χ0v) is 19.6. The van der Waals surface area contributed by atoms with Gasteiger partial charge in [0, 0.05) is 18.2 Å². The van der Waals surface area contributed by atoms with Crippen LogP contribution in [0.5, 0.6) is 11.5 Å². The predicted octanol–water partition coefficient (Wildman–Crippen LogP) is 5.40. The monoisotopic (exact) mass is 458 g/mol. The largest absolute Gasteiger partial charge is 0.508 e. The number of hydrogen-bond donors (Lipinski definition) is 1. The molecule has 174 valence electrons. The van der Waals surface area contributed by atoms with Crippen LogP contribution in [0.2, 0.25) is 0 Å². The van der Waals surface area contributed by atoms with E-state index in [1.54, 1.807) is 12.1 Å². The number of phenols is 1. The smallest absolute Gasteiger partial charge is 0.230 e. The van der Waals surface area contributed by atoms with Crippen LogP contribution in [-0.4, -0.2) is 42.2 Å². The average molecular weight is 459 g/mol. The second kappa shape index (κ2) is 12.1. The summed E-state index contributed by atoms with van der Waals surface area (Å²) >= 11 is 0. The van der Waals surface area contributed by atoms with Crippen LogP contribution in [0.1, 0.15) is 50.5 Å². The SMILES string of the molecule is Cl.O=C(C1CCCCC1)N(Cc1ccc(O)cc1)c1ccc(OCCN2CCCC2)cc1. The summed E-state index contributed by atoms with van der Waals surface area (Å²) in [4.78, 5) is 17.8. The molecule has 6 heteroatoms. The molecule has 1 heterocycles. The fourth-order valence-electron chi connectivity index (χ4n) is 4.67. The number of ether oxygens (including phenoxy) is 1. The van der Waals surface area contributed by atoms with E-state index in [9.17, 15) is 9.90 Å². The first-order valence-electron chi connectivity index (χ1n) is 11.7. The molecule has 0 radical (unpaired) electrons. The molecule has 1 saturated carbocycles. The van der Waals surface area contributed by atoms with E-state index < -0.39 is 0 Å². The molecule has 1 aliphatic heterocycles. The Kier molecular flexibility index (Phi) is 9.24. The zero-order chi connectivity index (χ0) is 21.5. The topological polar surface area (TPSA) is 53.0 Å². The number of carbonyl (C=O) groups excluding carboxylic acids is 1. The van der Waals surface area contributed by atoms with Crippen LogP contribution in [-0.2, 0) is 11.3 Å². The van der Waals surface area contributed by atoms with E-state index in [2.05, 4.69) is 4.90 Å². The second-order valence-corrected chi connectivity index (χ2v) is 8.82.